The van der Waals surface area contributed by atoms with E-state index in [0.29, 0.717) is 19.0 Å². The molecule has 2 aliphatic rings. The molecule has 3 rings (SSSR count). The number of benzene rings is 1. The summed E-state index contributed by atoms with van der Waals surface area (Å²) in [4.78, 5) is 29.7. The first-order valence-corrected chi connectivity index (χ1v) is 12.4. The minimum absolute atomic E-state index is 0.193. The van der Waals surface area contributed by atoms with E-state index in [4.69, 9.17) is 4.43 Å². The number of amides is 2. The van der Waals surface area contributed by atoms with Crippen LogP contribution in [0.25, 0.3) is 6.08 Å². The van der Waals surface area contributed by atoms with Crippen molar-refractivity contribution in [3.05, 3.63) is 32.7 Å². The molecule has 2 aliphatic heterocycles. The van der Waals surface area contributed by atoms with E-state index in [9.17, 15) is 9.59 Å². The number of carbonyl (C=O) groups is 2. The molecule has 1 aromatic rings. The van der Waals surface area contributed by atoms with Crippen molar-refractivity contribution in [2.45, 2.75) is 38.4 Å². The van der Waals surface area contributed by atoms with Gasteiger partial charge in [-0.25, -0.2) is 9.79 Å². The Morgan fingerprint density at radius 2 is 1.96 bits per heavy atom. The molecular formula is C17H21BrN2O3Si. The summed E-state index contributed by atoms with van der Waals surface area (Å²) in [6.07, 6.45) is 3.14. The Balaban J connectivity index is 1.77. The van der Waals surface area contributed by atoms with Gasteiger partial charge >= 0.3 is 6.09 Å². The van der Waals surface area contributed by atoms with Gasteiger partial charge in [-0.2, -0.15) is 0 Å². The second kappa shape index (κ2) is 6.44. The first-order valence-electron chi connectivity index (χ1n) is 8.15. The molecule has 1 saturated heterocycles. The second-order valence-electron chi connectivity index (χ2n) is 7.23. The first kappa shape index (κ1) is 17.4. The average molecular weight is 409 g/mol. The number of carbonyl (C=O) groups excluding carboxylic acids is 2. The number of rotatable bonds is 2. The van der Waals surface area contributed by atoms with Gasteiger partial charge in [0.1, 0.15) is 0 Å². The van der Waals surface area contributed by atoms with E-state index in [1.54, 1.807) is 11.0 Å². The maximum atomic E-state index is 12.2. The van der Waals surface area contributed by atoms with Crippen LogP contribution in [0.2, 0.25) is 19.6 Å². The van der Waals surface area contributed by atoms with Crippen LogP contribution >= 0.6 is 15.9 Å². The van der Waals surface area contributed by atoms with Gasteiger partial charge in [-0.1, -0.05) is 15.9 Å². The standard InChI is InChI=1S/C17H21BrN2O3Si/c1-24(2,3)23-17(22)20-8-6-11(7-9-20)16-12-10-15(21)19-14(12)5-4-13(16)18/h4-5,10-11H,6-9H2,1-3H3. The van der Waals surface area contributed by atoms with Crippen LogP contribution in [0.4, 0.5) is 4.79 Å². The minimum Gasteiger partial charge on any atom is -0.504 e. The van der Waals surface area contributed by atoms with Crippen molar-refractivity contribution in [1.29, 1.82) is 0 Å². The normalized spacial score (nSPS) is 18.0. The highest BCUT2D eigenvalue weighted by Crippen LogP contribution is 2.31. The lowest BCUT2D eigenvalue weighted by molar-refractivity contribution is -0.112. The summed E-state index contributed by atoms with van der Waals surface area (Å²) in [6.45, 7) is 7.39. The van der Waals surface area contributed by atoms with Gasteiger partial charge in [0.15, 0.2) is 0 Å². The third-order valence-electron chi connectivity index (χ3n) is 4.26. The maximum Gasteiger partial charge on any atom is 0.396 e. The molecule has 2 amide bonds. The van der Waals surface area contributed by atoms with Gasteiger partial charge in [-0.15, -0.1) is 0 Å². The SMILES string of the molecule is C[Si](C)(C)OC(=O)N1CCC(c2c(Br)ccc3c2=CC(=O)N=3)CC1. The molecule has 0 saturated carbocycles. The Morgan fingerprint density at radius 3 is 2.58 bits per heavy atom. The largest absolute Gasteiger partial charge is 0.504 e. The number of fused-ring (bicyclic) bond motifs is 1. The third kappa shape index (κ3) is 3.62. The summed E-state index contributed by atoms with van der Waals surface area (Å²) in [5, 5.41) is 1.68. The van der Waals surface area contributed by atoms with E-state index >= 15 is 0 Å². The molecule has 24 heavy (non-hydrogen) atoms. The Hall–Kier alpha value is -1.47. The van der Waals surface area contributed by atoms with E-state index in [-0.39, 0.29) is 12.0 Å². The molecular weight excluding hydrogens is 388 g/mol. The lowest BCUT2D eigenvalue weighted by Crippen LogP contribution is -2.43. The van der Waals surface area contributed by atoms with Gasteiger partial charge in [-0.3, -0.25) is 4.79 Å². The quantitative estimate of drug-likeness (QED) is 0.706. The molecule has 7 heteroatoms. The Bertz CT molecular complexity index is 808. The van der Waals surface area contributed by atoms with Crippen molar-refractivity contribution in [1.82, 2.24) is 4.90 Å². The van der Waals surface area contributed by atoms with E-state index in [1.165, 1.54) is 0 Å². The van der Waals surface area contributed by atoms with Crippen molar-refractivity contribution >= 4 is 42.3 Å². The fraction of sp³-hybridized carbons (Fsp3) is 0.471. The molecule has 0 N–H and O–H groups in total. The molecule has 0 radical (unpaired) electrons. The highest BCUT2D eigenvalue weighted by Gasteiger charge is 2.29. The predicted octanol–water partition coefficient (Wildman–Crippen LogP) is 2.54. The molecule has 0 aromatic heterocycles. The van der Waals surface area contributed by atoms with Crippen LogP contribution in [-0.4, -0.2) is 38.3 Å². The summed E-state index contributed by atoms with van der Waals surface area (Å²) in [5.74, 6) is 0.114. The van der Waals surface area contributed by atoms with Crippen LogP contribution in [-0.2, 0) is 9.22 Å². The summed E-state index contributed by atoms with van der Waals surface area (Å²) in [5.41, 5.74) is 1.14. The van der Waals surface area contributed by atoms with Gasteiger partial charge < -0.3 is 9.33 Å². The first-order chi connectivity index (χ1) is 11.2. The monoisotopic (exact) mass is 408 g/mol. The summed E-state index contributed by atoms with van der Waals surface area (Å²) < 4.78 is 6.59. The molecule has 2 heterocycles. The van der Waals surface area contributed by atoms with Crippen LogP contribution in [0.1, 0.15) is 24.3 Å². The molecule has 1 aromatic carbocycles. The fourth-order valence-corrected chi connectivity index (χ4v) is 4.54. The van der Waals surface area contributed by atoms with Gasteiger partial charge in [0.25, 0.3) is 5.91 Å². The summed E-state index contributed by atoms with van der Waals surface area (Å²) >= 11 is 3.62. The predicted molar refractivity (Wildman–Crippen MR) is 97.8 cm³/mol. The van der Waals surface area contributed by atoms with Crippen molar-refractivity contribution in [2.24, 2.45) is 4.99 Å². The molecule has 1 fully saturated rings. The van der Waals surface area contributed by atoms with Gasteiger partial charge in [0.05, 0.1) is 5.36 Å². The topological polar surface area (TPSA) is 59.0 Å². The van der Waals surface area contributed by atoms with Crippen LogP contribution in [0.3, 0.4) is 0 Å². The minimum atomic E-state index is -1.87. The zero-order valence-corrected chi connectivity index (χ0v) is 16.7. The molecule has 5 nitrogen and oxygen atoms in total. The highest BCUT2D eigenvalue weighted by molar-refractivity contribution is 9.10. The van der Waals surface area contributed by atoms with Crippen LogP contribution in [0, 0.1) is 0 Å². The van der Waals surface area contributed by atoms with Crippen LogP contribution < -0.4 is 10.6 Å². The fourth-order valence-electron chi connectivity index (χ4n) is 3.21. The summed E-state index contributed by atoms with van der Waals surface area (Å²) in [6, 6.07) is 3.82. The number of hydrogen-bond acceptors (Lipinski definition) is 3. The Kier molecular flexibility index (Phi) is 4.66. The number of hydrogen-bond donors (Lipinski definition) is 0. The number of halogens is 1. The van der Waals surface area contributed by atoms with Gasteiger partial charge in [0, 0.05) is 28.9 Å². The van der Waals surface area contributed by atoms with E-state index in [2.05, 4.69) is 20.9 Å². The third-order valence-corrected chi connectivity index (χ3v) is 5.74. The number of nitrogens with zero attached hydrogens (tertiary/aromatic N) is 2. The molecule has 0 atom stereocenters. The van der Waals surface area contributed by atoms with Crippen LogP contribution in [0.5, 0.6) is 0 Å². The van der Waals surface area contributed by atoms with E-state index in [1.807, 2.05) is 31.8 Å². The highest BCUT2D eigenvalue weighted by atomic mass is 79.9. The number of likely N-dealkylation sites (tertiary alicyclic amines) is 1. The van der Waals surface area contributed by atoms with Gasteiger partial charge in [0.2, 0.25) is 8.32 Å². The lowest BCUT2D eigenvalue weighted by Gasteiger charge is -2.33. The Morgan fingerprint density at radius 1 is 1.29 bits per heavy atom. The lowest BCUT2D eigenvalue weighted by atomic mass is 9.88. The van der Waals surface area contributed by atoms with Crippen molar-refractivity contribution < 1.29 is 14.0 Å². The molecule has 0 bridgehead atoms. The van der Waals surface area contributed by atoms with Crippen molar-refractivity contribution in [3.63, 3.8) is 0 Å². The zero-order chi connectivity index (χ0) is 17.5. The number of piperidine rings is 1. The Labute approximate surface area is 150 Å². The molecule has 128 valence electrons. The molecule has 0 aliphatic carbocycles. The molecule has 0 spiro atoms. The average Bonchev–Trinajstić information content (AvgIpc) is 2.86. The smallest absolute Gasteiger partial charge is 0.396 e. The molecule has 0 unspecified atom stereocenters. The van der Waals surface area contributed by atoms with E-state index < -0.39 is 8.32 Å². The van der Waals surface area contributed by atoms with E-state index in [0.717, 1.165) is 33.5 Å². The maximum absolute atomic E-state index is 12.2. The zero-order valence-electron chi connectivity index (χ0n) is 14.1. The van der Waals surface area contributed by atoms with Gasteiger partial charge in [-0.05, 0) is 56.1 Å². The van der Waals surface area contributed by atoms with Crippen molar-refractivity contribution in [2.75, 3.05) is 13.1 Å². The second-order valence-corrected chi connectivity index (χ2v) is 12.5. The summed E-state index contributed by atoms with van der Waals surface area (Å²) in [7, 11) is -1.87. The van der Waals surface area contributed by atoms with Crippen LogP contribution in [0.15, 0.2) is 21.6 Å². The van der Waals surface area contributed by atoms with Crippen molar-refractivity contribution in [3.8, 4) is 0 Å².